The van der Waals surface area contributed by atoms with E-state index in [9.17, 15) is 0 Å². The summed E-state index contributed by atoms with van der Waals surface area (Å²) >= 11 is 0. The fraction of sp³-hybridized carbons (Fsp3) is 0.800. The van der Waals surface area contributed by atoms with Crippen LogP contribution < -0.4 is 0 Å². The second-order valence-electron chi connectivity index (χ2n) is 4.41. The molecule has 1 saturated carbocycles. The van der Waals surface area contributed by atoms with Crippen molar-refractivity contribution >= 4 is 0 Å². The van der Waals surface area contributed by atoms with Crippen molar-refractivity contribution in [2.75, 3.05) is 0 Å². The van der Waals surface area contributed by atoms with Crippen LogP contribution in [0.25, 0.3) is 0 Å². The zero-order valence-electron chi connectivity index (χ0n) is 8.62. The van der Waals surface area contributed by atoms with E-state index in [4.69, 9.17) is 0 Å². The molecule has 0 aliphatic heterocycles. The van der Waals surface area contributed by atoms with Crippen LogP contribution in [0.1, 0.15) is 38.9 Å². The minimum absolute atomic E-state index is 0.293. The van der Waals surface area contributed by atoms with E-state index < -0.39 is 0 Å². The van der Waals surface area contributed by atoms with Crippen LogP contribution >= 0.6 is 0 Å². The summed E-state index contributed by atoms with van der Waals surface area (Å²) in [4.78, 5) is 4.38. The number of rotatable bonds is 2. The highest BCUT2D eigenvalue weighted by atomic mass is 15.3. The van der Waals surface area contributed by atoms with Crippen LogP contribution in [0.4, 0.5) is 0 Å². The van der Waals surface area contributed by atoms with Crippen molar-refractivity contribution in [1.29, 1.82) is 0 Å². The second kappa shape index (κ2) is 2.82. The van der Waals surface area contributed by atoms with Gasteiger partial charge in [-0.15, -0.1) is 0 Å². The summed E-state index contributed by atoms with van der Waals surface area (Å²) in [6, 6.07) is 0. The first kappa shape index (κ1) is 8.73. The zero-order chi connectivity index (χ0) is 9.47. The molecule has 13 heavy (non-hydrogen) atoms. The molecular weight excluding hydrogens is 162 g/mol. The van der Waals surface area contributed by atoms with Gasteiger partial charge in [0.1, 0.15) is 6.33 Å². The molecule has 3 nitrogen and oxygen atoms in total. The van der Waals surface area contributed by atoms with Crippen LogP contribution in [0, 0.1) is 5.92 Å². The summed E-state index contributed by atoms with van der Waals surface area (Å²) in [7, 11) is 1.93. The molecule has 0 aromatic carbocycles. The van der Waals surface area contributed by atoms with E-state index in [1.54, 1.807) is 11.0 Å². The van der Waals surface area contributed by atoms with Crippen molar-refractivity contribution in [3.8, 4) is 0 Å². The highest BCUT2D eigenvalue weighted by Crippen LogP contribution is 2.47. The van der Waals surface area contributed by atoms with E-state index in [0.717, 1.165) is 5.82 Å². The zero-order valence-corrected chi connectivity index (χ0v) is 8.62. The molecule has 0 radical (unpaired) electrons. The Labute approximate surface area is 79.2 Å². The van der Waals surface area contributed by atoms with Crippen LogP contribution in [-0.2, 0) is 12.5 Å². The molecule has 0 spiro atoms. The lowest BCUT2D eigenvalue weighted by Gasteiger charge is -2.43. The molecular formula is C10H17N3. The predicted molar refractivity (Wildman–Crippen MR) is 51.4 cm³/mol. The summed E-state index contributed by atoms with van der Waals surface area (Å²) < 4.78 is 1.80. The molecule has 1 aliphatic rings. The molecule has 1 fully saturated rings. The predicted octanol–water partition coefficient (Wildman–Crippen LogP) is 1.89. The second-order valence-corrected chi connectivity index (χ2v) is 4.41. The number of aryl methyl sites for hydroxylation is 1. The van der Waals surface area contributed by atoms with E-state index in [-0.39, 0.29) is 0 Å². The molecule has 2 rings (SSSR count). The lowest BCUT2D eigenvalue weighted by molar-refractivity contribution is 0.157. The first-order chi connectivity index (χ1) is 6.15. The third-order valence-electron chi connectivity index (χ3n) is 3.40. The van der Waals surface area contributed by atoms with Crippen molar-refractivity contribution in [2.24, 2.45) is 13.0 Å². The molecule has 1 aromatic heterocycles. The smallest absolute Gasteiger partial charge is 0.156 e. The average molecular weight is 179 g/mol. The lowest BCUT2D eigenvalue weighted by atomic mass is 9.61. The van der Waals surface area contributed by atoms with Gasteiger partial charge < -0.3 is 0 Å². The molecule has 0 unspecified atom stereocenters. The largest absolute Gasteiger partial charge is 0.256 e. The number of hydrogen-bond acceptors (Lipinski definition) is 2. The molecule has 0 amide bonds. The molecule has 1 aromatic rings. The van der Waals surface area contributed by atoms with Gasteiger partial charge in [0.15, 0.2) is 5.82 Å². The molecule has 72 valence electrons. The first-order valence-electron chi connectivity index (χ1n) is 5.01. The highest BCUT2D eigenvalue weighted by Gasteiger charge is 2.44. The maximum Gasteiger partial charge on any atom is 0.156 e. The molecule has 0 atom stereocenters. The van der Waals surface area contributed by atoms with Gasteiger partial charge in [0.05, 0.1) is 0 Å². The van der Waals surface area contributed by atoms with E-state index in [2.05, 4.69) is 23.9 Å². The van der Waals surface area contributed by atoms with Gasteiger partial charge in [0.25, 0.3) is 0 Å². The van der Waals surface area contributed by atoms with E-state index in [1.807, 2.05) is 7.05 Å². The monoisotopic (exact) mass is 179 g/mol. The maximum absolute atomic E-state index is 4.43. The summed E-state index contributed by atoms with van der Waals surface area (Å²) in [5.74, 6) is 1.71. The minimum Gasteiger partial charge on any atom is -0.256 e. The van der Waals surface area contributed by atoms with Crippen molar-refractivity contribution < 1.29 is 0 Å². The summed E-state index contributed by atoms with van der Waals surface area (Å²) in [5, 5.41) is 4.43. The number of hydrogen-bond donors (Lipinski definition) is 0. The Balaban J connectivity index is 2.31. The molecule has 0 saturated heterocycles. The standard InChI is InChI=1S/C10H17N3/c1-8(2)10(5-4-6-10)9-11-7-13(3)12-9/h7-8H,4-6H2,1-3H3. The van der Waals surface area contributed by atoms with Crippen molar-refractivity contribution in [3.05, 3.63) is 12.2 Å². The molecule has 3 heteroatoms. The van der Waals surface area contributed by atoms with Crippen LogP contribution in [0.2, 0.25) is 0 Å². The summed E-state index contributed by atoms with van der Waals surface area (Å²) in [6.07, 6.45) is 5.65. The molecule has 1 aliphatic carbocycles. The number of nitrogens with zero attached hydrogens (tertiary/aromatic N) is 3. The Hall–Kier alpha value is -0.860. The van der Waals surface area contributed by atoms with Crippen LogP contribution in [0.3, 0.4) is 0 Å². The summed E-state index contributed by atoms with van der Waals surface area (Å²) in [5.41, 5.74) is 0.293. The van der Waals surface area contributed by atoms with Gasteiger partial charge in [0.2, 0.25) is 0 Å². The van der Waals surface area contributed by atoms with Gasteiger partial charge in [0, 0.05) is 12.5 Å². The topological polar surface area (TPSA) is 30.7 Å². The van der Waals surface area contributed by atoms with Gasteiger partial charge >= 0.3 is 0 Å². The van der Waals surface area contributed by atoms with Crippen molar-refractivity contribution in [3.63, 3.8) is 0 Å². The Morgan fingerprint density at radius 1 is 1.46 bits per heavy atom. The van der Waals surface area contributed by atoms with Gasteiger partial charge in [-0.05, 0) is 18.8 Å². The minimum atomic E-state index is 0.293. The van der Waals surface area contributed by atoms with Crippen molar-refractivity contribution in [1.82, 2.24) is 14.8 Å². The normalized spacial score (nSPS) is 20.3. The fourth-order valence-corrected chi connectivity index (χ4v) is 2.18. The SMILES string of the molecule is CC(C)C1(c2ncn(C)n2)CCC1. The third-order valence-corrected chi connectivity index (χ3v) is 3.40. The Morgan fingerprint density at radius 3 is 2.46 bits per heavy atom. The van der Waals surface area contributed by atoms with Crippen molar-refractivity contribution in [2.45, 2.75) is 38.5 Å². The summed E-state index contributed by atoms with van der Waals surface area (Å²) in [6.45, 7) is 4.55. The average Bonchev–Trinajstić information content (AvgIpc) is 2.32. The Morgan fingerprint density at radius 2 is 2.15 bits per heavy atom. The first-order valence-corrected chi connectivity index (χ1v) is 5.01. The number of aromatic nitrogens is 3. The van der Waals surface area contributed by atoms with E-state index in [0.29, 0.717) is 11.3 Å². The quantitative estimate of drug-likeness (QED) is 0.694. The molecule has 1 heterocycles. The van der Waals surface area contributed by atoms with Gasteiger partial charge in [-0.3, -0.25) is 4.68 Å². The van der Waals surface area contributed by atoms with Crippen LogP contribution in [0.5, 0.6) is 0 Å². The third kappa shape index (κ3) is 1.18. The molecule has 0 N–H and O–H groups in total. The van der Waals surface area contributed by atoms with Crippen LogP contribution in [0.15, 0.2) is 6.33 Å². The Bertz CT molecular complexity index is 297. The highest BCUT2D eigenvalue weighted by molar-refractivity contribution is 5.13. The van der Waals surface area contributed by atoms with Gasteiger partial charge in [-0.2, -0.15) is 5.10 Å². The van der Waals surface area contributed by atoms with Gasteiger partial charge in [-0.25, -0.2) is 4.98 Å². The van der Waals surface area contributed by atoms with Gasteiger partial charge in [-0.1, -0.05) is 20.3 Å². The van der Waals surface area contributed by atoms with Crippen LogP contribution in [-0.4, -0.2) is 14.8 Å². The lowest BCUT2D eigenvalue weighted by Crippen LogP contribution is -2.40. The molecule has 0 bridgehead atoms. The van der Waals surface area contributed by atoms with E-state index >= 15 is 0 Å². The fourth-order valence-electron chi connectivity index (χ4n) is 2.18. The maximum atomic E-state index is 4.43. The Kier molecular flexibility index (Phi) is 1.90. The van der Waals surface area contributed by atoms with E-state index in [1.165, 1.54) is 19.3 Å².